The van der Waals surface area contributed by atoms with E-state index in [0.29, 0.717) is 12.8 Å². The molecule has 2 rings (SSSR count). The smallest absolute Gasteiger partial charge is 0.303 e. The molecule has 1 fully saturated rings. The number of carboxylic acid groups (broad SMARTS) is 1. The molecule has 0 spiro atoms. The summed E-state index contributed by atoms with van der Waals surface area (Å²) in [4.78, 5) is 10.7. The first-order chi connectivity index (χ1) is 8.41. The highest BCUT2D eigenvalue weighted by Gasteiger charge is 2.47. The fourth-order valence-electron chi connectivity index (χ4n) is 2.22. The number of hydrogen-bond donors (Lipinski definition) is 1. The summed E-state index contributed by atoms with van der Waals surface area (Å²) in [7, 11) is -3.24. The molecule has 1 aliphatic rings. The van der Waals surface area contributed by atoms with Crippen molar-refractivity contribution in [2.45, 2.75) is 25.0 Å². The highest BCUT2D eigenvalue weighted by Crippen LogP contribution is 2.50. The molecule has 0 atom stereocenters. The van der Waals surface area contributed by atoms with E-state index < -0.39 is 21.2 Å². The van der Waals surface area contributed by atoms with Gasteiger partial charge in [-0.3, -0.25) is 4.79 Å². The molecule has 0 saturated heterocycles. The first-order valence-electron chi connectivity index (χ1n) is 5.87. The van der Waals surface area contributed by atoms with Gasteiger partial charge in [-0.2, -0.15) is 0 Å². The Balaban J connectivity index is 2.02. The first kappa shape index (κ1) is 13.1. The number of rotatable bonds is 6. The lowest BCUT2D eigenvalue weighted by Crippen LogP contribution is -2.21. The molecule has 0 aromatic heterocycles. The molecule has 1 aromatic carbocycles. The van der Waals surface area contributed by atoms with Crippen LogP contribution in [0.15, 0.2) is 30.3 Å². The molecule has 5 heteroatoms. The van der Waals surface area contributed by atoms with Gasteiger partial charge in [0.2, 0.25) is 0 Å². The lowest BCUT2D eigenvalue weighted by Gasteiger charge is -2.12. The number of carboxylic acids is 1. The van der Waals surface area contributed by atoms with E-state index in [1.54, 1.807) is 24.3 Å². The molecule has 0 heterocycles. The lowest BCUT2D eigenvalue weighted by atomic mass is 10.1. The highest BCUT2D eigenvalue weighted by atomic mass is 32.2. The van der Waals surface area contributed by atoms with E-state index in [1.165, 1.54) is 0 Å². The molecule has 1 aromatic rings. The molecule has 0 bridgehead atoms. The molecule has 18 heavy (non-hydrogen) atoms. The van der Waals surface area contributed by atoms with Crippen molar-refractivity contribution in [2.24, 2.45) is 5.41 Å². The van der Waals surface area contributed by atoms with Crippen molar-refractivity contribution in [1.29, 1.82) is 0 Å². The van der Waals surface area contributed by atoms with Gasteiger partial charge < -0.3 is 5.11 Å². The molecule has 4 nitrogen and oxygen atoms in total. The van der Waals surface area contributed by atoms with E-state index in [2.05, 4.69) is 0 Å². The van der Waals surface area contributed by atoms with Crippen LogP contribution in [0.1, 0.15) is 24.8 Å². The number of hydrogen-bond acceptors (Lipinski definition) is 3. The molecular formula is C13H16O4S. The van der Waals surface area contributed by atoms with Crippen LogP contribution in [-0.2, 0) is 20.4 Å². The minimum atomic E-state index is -3.24. The third kappa shape index (κ3) is 3.57. The van der Waals surface area contributed by atoms with E-state index >= 15 is 0 Å². The third-order valence-electron chi connectivity index (χ3n) is 3.24. The molecule has 1 N–H and O–H groups in total. The fourth-order valence-corrected chi connectivity index (χ4v) is 4.34. The van der Waals surface area contributed by atoms with Crippen molar-refractivity contribution in [3.8, 4) is 0 Å². The first-order valence-corrected chi connectivity index (χ1v) is 7.69. The molecule has 0 aliphatic heterocycles. The van der Waals surface area contributed by atoms with Gasteiger partial charge in [-0.05, 0) is 23.8 Å². The van der Waals surface area contributed by atoms with Crippen LogP contribution in [0.5, 0.6) is 0 Å². The van der Waals surface area contributed by atoms with Crippen LogP contribution in [0, 0.1) is 5.41 Å². The summed E-state index contributed by atoms with van der Waals surface area (Å²) >= 11 is 0. The maximum atomic E-state index is 12.0. The predicted molar refractivity (Wildman–Crippen MR) is 67.9 cm³/mol. The Labute approximate surface area is 107 Å². The predicted octanol–water partition coefficient (Wildman–Crippen LogP) is 1.86. The van der Waals surface area contributed by atoms with Crippen LogP contribution < -0.4 is 0 Å². The van der Waals surface area contributed by atoms with Crippen LogP contribution in [0.2, 0.25) is 0 Å². The number of benzene rings is 1. The van der Waals surface area contributed by atoms with Crippen LogP contribution >= 0.6 is 0 Å². The maximum Gasteiger partial charge on any atom is 0.303 e. The zero-order chi connectivity index (χ0) is 13.2. The summed E-state index contributed by atoms with van der Waals surface area (Å²) in [5.74, 6) is -0.932. The Morgan fingerprint density at radius 2 is 1.83 bits per heavy atom. The fraction of sp³-hybridized carbons (Fsp3) is 0.462. The maximum absolute atomic E-state index is 12.0. The monoisotopic (exact) mass is 268 g/mol. The third-order valence-corrected chi connectivity index (χ3v) is 5.06. The van der Waals surface area contributed by atoms with Crippen LogP contribution in [-0.4, -0.2) is 25.2 Å². The topological polar surface area (TPSA) is 71.4 Å². The zero-order valence-corrected chi connectivity index (χ0v) is 10.8. The standard InChI is InChI=1S/C13H16O4S/c14-12(15)8-13(6-7-13)10-18(16,17)9-11-4-2-1-3-5-11/h1-5H,6-10H2,(H,14,15). The van der Waals surface area contributed by atoms with Crippen molar-refractivity contribution in [3.05, 3.63) is 35.9 Å². The Bertz CT molecular complexity index is 529. The molecular weight excluding hydrogens is 252 g/mol. The highest BCUT2D eigenvalue weighted by molar-refractivity contribution is 7.90. The summed E-state index contributed by atoms with van der Waals surface area (Å²) in [5.41, 5.74) is 0.253. The van der Waals surface area contributed by atoms with Gasteiger partial charge in [0, 0.05) is 0 Å². The number of aliphatic carboxylic acids is 1. The Morgan fingerprint density at radius 1 is 1.22 bits per heavy atom. The summed E-state index contributed by atoms with van der Waals surface area (Å²) in [5, 5.41) is 8.78. The Kier molecular flexibility index (Phi) is 3.43. The van der Waals surface area contributed by atoms with Crippen LogP contribution in [0.3, 0.4) is 0 Å². The van der Waals surface area contributed by atoms with Crippen molar-refractivity contribution in [2.75, 3.05) is 5.75 Å². The van der Waals surface area contributed by atoms with Crippen molar-refractivity contribution >= 4 is 15.8 Å². The van der Waals surface area contributed by atoms with E-state index in [9.17, 15) is 13.2 Å². The summed E-state index contributed by atoms with van der Waals surface area (Å²) in [6.07, 6.45) is 1.36. The largest absolute Gasteiger partial charge is 0.481 e. The lowest BCUT2D eigenvalue weighted by molar-refractivity contribution is -0.138. The normalized spacial score (nSPS) is 17.3. The van der Waals surface area contributed by atoms with Gasteiger partial charge in [-0.25, -0.2) is 8.42 Å². The van der Waals surface area contributed by atoms with Gasteiger partial charge in [0.05, 0.1) is 17.9 Å². The second-order valence-electron chi connectivity index (χ2n) is 5.09. The van der Waals surface area contributed by atoms with E-state index in [0.717, 1.165) is 5.56 Å². The van der Waals surface area contributed by atoms with Crippen molar-refractivity contribution in [3.63, 3.8) is 0 Å². The summed E-state index contributed by atoms with van der Waals surface area (Å²) in [6, 6.07) is 8.98. The summed E-state index contributed by atoms with van der Waals surface area (Å²) in [6.45, 7) is 0. The molecule has 0 radical (unpaired) electrons. The van der Waals surface area contributed by atoms with Gasteiger partial charge >= 0.3 is 5.97 Å². The van der Waals surface area contributed by atoms with Gasteiger partial charge in [0.15, 0.2) is 9.84 Å². The minimum Gasteiger partial charge on any atom is -0.481 e. The average Bonchev–Trinajstić information content (AvgIpc) is 2.95. The van der Waals surface area contributed by atoms with Gasteiger partial charge in [0.1, 0.15) is 0 Å². The molecule has 1 aliphatic carbocycles. The Hall–Kier alpha value is -1.36. The summed E-state index contributed by atoms with van der Waals surface area (Å²) < 4.78 is 24.1. The quantitative estimate of drug-likeness (QED) is 0.854. The zero-order valence-electron chi connectivity index (χ0n) is 10.0. The van der Waals surface area contributed by atoms with E-state index in [4.69, 9.17) is 5.11 Å². The average molecular weight is 268 g/mol. The van der Waals surface area contributed by atoms with Crippen LogP contribution in [0.4, 0.5) is 0 Å². The van der Waals surface area contributed by atoms with Gasteiger partial charge in [0.25, 0.3) is 0 Å². The van der Waals surface area contributed by atoms with Crippen molar-refractivity contribution < 1.29 is 18.3 Å². The van der Waals surface area contributed by atoms with Gasteiger partial charge in [-0.1, -0.05) is 30.3 Å². The second-order valence-corrected chi connectivity index (χ2v) is 7.15. The van der Waals surface area contributed by atoms with E-state index in [1.807, 2.05) is 6.07 Å². The number of carbonyl (C=O) groups is 1. The minimum absolute atomic E-state index is 0.00475. The Morgan fingerprint density at radius 3 is 2.33 bits per heavy atom. The molecule has 0 unspecified atom stereocenters. The molecule has 1 saturated carbocycles. The molecule has 98 valence electrons. The van der Waals surface area contributed by atoms with Crippen LogP contribution in [0.25, 0.3) is 0 Å². The van der Waals surface area contributed by atoms with E-state index in [-0.39, 0.29) is 17.9 Å². The number of sulfone groups is 1. The second kappa shape index (κ2) is 4.72. The molecule has 0 amide bonds. The SMILES string of the molecule is O=C(O)CC1(CS(=O)(=O)Cc2ccccc2)CC1. The van der Waals surface area contributed by atoms with Crippen molar-refractivity contribution in [1.82, 2.24) is 0 Å². The van der Waals surface area contributed by atoms with Gasteiger partial charge in [-0.15, -0.1) is 0 Å².